The van der Waals surface area contributed by atoms with Gasteiger partial charge in [-0.1, -0.05) is 6.92 Å². The molecular weight excluding hydrogens is 415 g/mol. The van der Waals surface area contributed by atoms with Gasteiger partial charge in [-0.05, 0) is 26.0 Å². The number of pyridine rings is 1. The number of aromatic nitrogens is 3. The normalized spacial score (nSPS) is 12.8. The average molecular weight is 433 g/mol. The minimum atomic E-state index is -4.71. The molecule has 3 rings (SSSR count). The number of nitrogens with zero attached hydrogens (tertiary/aromatic N) is 3. The molecule has 0 radical (unpaired) electrons. The van der Waals surface area contributed by atoms with Gasteiger partial charge in [0.05, 0.1) is 21.0 Å². The first kappa shape index (κ1) is 20.6. The topological polar surface area (TPSA) is 74.0 Å². The van der Waals surface area contributed by atoms with Crippen LogP contribution in [0.4, 0.5) is 13.2 Å². The van der Waals surface area contributed by atoms with Crippen LogP contribution in [-0.2, 0) is 29.6 Å². The molecule has 0 amide bonds. The molecule has 11 heteroatoms. The van der Waals surface area contributed by atoms with Gasteiger partial charge in [0.25, 0.3) is 5.56 Å². The van der Waals surface area contributed by atoms with Crippen molar-refractivity contribution in [2.24, 2.45) is 7.05 Å². The van der Waals surface area contributed by atoms with E-state index in [1.807, 2.05) is 0 Å². The Kier molecular flexibility index (Phi) is 4.95. The highest BCUT2D eigenvalue weighted by Crippen LogP contribution is 2.37. The van der Waals surface area contributed by atoms with E-state index in [1.165, 1.54) is 42.9 Å². The minimum absolute atomic E-state index is 0.00394. The van der Waals surface area contributed by atoms with Crippen molar-refractivity contribution in [2.75, 3.05) is 5.75 Å². The van der Waals surface area contributed by atoms with Crippen LogP contribution in [0.2, 0.25) is 0 Å². The Morgan fingerprint density at radius 1 is 1.21 bits per heavy atom. The van der Waals surface area contributed by atoms with Crippen molar-refractivity contribution >= 4 is 32.2 Å². The maximum absolute atomic E-state index is 13.4. The van der Waals surface area contributed by atoms with Crippen LogP contribution >= 0.6 is 11.3 Å². The van der Waals surface area contributed by atoms with Gasteiger partial charge in [0.2, 0.25) is 0 Å². The Bertz CT molecular complexity index is 1230. The number of rotatable bonds is 4. The summed E-state index contributed by atoms with van der Waals surface area (Å²) in [6, 6.07) is 2.35. The molecule has 0 saturated heterocycles. The van der Waals surface area contributed by atoms with Crippen LogP contribution in [0, 0.1) is 6.92 Å². The highest BCUT2D eigenvalue weighted by Gasteiger charge is 2.36. The summed E-state index contributed by atoms with van der Waals surface area (Å²) in [5, 5.41) is 0. The molecule has 3 aromatic heterocycles. The monoisotopic (exact) mass is 433 g/mol. The summed E-state index contributed by atoms with van der Waals surface area (Å²) >= 11 is 1.17. The number of alkyl halides is 3. The van der Waals surface area contributed by atoms with Crippen LogP contribution in [-0.4, -0.2) is 28.3 Å². The minimum Gasteiger partial charge on any atom is -0.322 e. The van der Waals surface area contributed by atoms with E-state index in [1.54, 1.807) is 6.92 Å². The Labute approximate surface area is 163 Å². The summed E-state index contributed by atoms with van der Waals surface area (Å²) in [6.07, 6.45) is -4.71. The van der Waals surface area contributed by atoms with Crippen molar-refractivity contribution in [3.05, 3.63) is 33.1 Å². The zero-order valence-electron chi connectivity index (χ0n) is 15.6. The van der Waals surface area contributed by atoms with Gasteiger partial charge in [0.1, 0.15) is 11.2 Å². The van der Waals surface area contributed by atoms with Gasteiger partial charge in [-0.25, -0.2) is 13.4 Å². The van der Waals surface area contributed by atoms with Crippen LogP contribution in [0.5, 0.6) is 0 Å². The molecule has 0 unspecified atom stereocenters. The van der Waals surface area contributed by atoms with E-state index in [0.29, 0.717) is 9.44 Å². The lowest BCUT2D eigenvalue weighted by Crippen LogP contribution is -2.28. The van der Waals surface area contributed by atoms with Crippen LogP contribution < -0.4 is 5.56 Å². The first-order valence-electron chi connectivity index (χ1n) is 8.43. The van der Waals surface area contributed by atoms with E-state index in [0.717, 1.165) is 10.9 Å². The van der Waals surface area contributed by atoms with Gasteiger partial charge in [-0.2, -0.15) is 13.2 Å². The third-order valence-corrected chi connectivity index (χ3v) is 7.41. The molecule has 152 valence electrons. The summed E-state index contributed by atoms with van der Waals surface area (Å²) in [6.45, 7) is 4.54. The lowest BCUT2D eigenvalue weighted by atomic mass is 10.3. The third-order valence-electron chi connectivity index (χ3n) is 4.48. The van der Waals surface area contributed by atoms with E-state index in [2.05, 4.69) is 4.98 Å². The smallest absolute Gasteiger partial charge is 0.322 e. The van der Waals surface area contributed by atoms with E-state index >= 15 is 0 Å². The number of sulfone groups is 1. The first-order valence-corrected chi connectivity index (χ1v) is 10.9. The zero-order valence-corrected chi connectivity index (χ0v) is 17.2. The molecule has 3 heterocycles. The molecule has 0 atom stereocenters. The molecule has 0 fully saturated rings. The Hall–Kier alpha value is -2.14. The van der Waals surface area contributed by atoms with E-state index < -0.39 is 27.3 Å². The van der Waals surface area contributed by atoms with Gasteiger partial charge in [-0.3, -0.25) is 4.79 Å². The summed E-state index contributed by atoms with van der Waals surface area (Å²) < 4.78 is 67.0. The third kappa shape index (κ3) is 3.16. The Morgan fingerprint density at radius 3 is 2.39 bits per heavy atom. The van der Waals surface area contributed by atoms with Crippen LogP contribution in [0.25, 0.3) is 21.7 Å². The highest BCUT2D eigenvalue weighted by molar-refractivity contribution is 7.91. The van der Waals surface area contributed by atoms with Crippen molar-refractivity contribution in [3.63, 3.8) is 0 Å². The fourth-order valence-electron chi connectivity index (χ4n) is 3.10. The van der Waals surface area contributed by atoms with Crippen molar-refractivity contribution in [1.82, 2.24) is 14.1 Å². The molecule has 0 aromatic carbocycles. The largest absolute Gasteiger partial charge is 0.431 e. The standard InChI is InChI=1S/C17H18F3N3O3S2/c1-5-23-12(17(18,19)20)8-10-13(16(23)24)22(4)15(21-10)14-11(7-9(3)27-14)28(25,26)6-2/h7-8H,5-6H2,1-4H3. The summed E-state index contributed by atoms with van der Waals surface area (Å²) in [5.41, 5.74) is -2.02. The Morgan fingerprint density at radius 2 is 1.86 bits per heavy atom. The van der Waals surface area contributed by atoms with Crippen LogP contribution in [0.1, 0.15) is 24.4 Å². The Balaban J connectivity index is 2.40. The molecule has 6 nitrogen and oxygen atoms in total. The SMILES string of the molecule is CCn1c(C(F)(F)F)cc2nc(-c3sc(C)cc3S(=O)(=O)CC)n(C)c2c1=O. The van der Waals surface area contributed by atoms with Crippen LogP contribution in [0.3, 0.4) is 0 Å². The molecule has 0 saturated carbocycles. The maximum Gasteiger partial charge on any atom is 0.431 e. The van der Waals surface area contributed by atoms with Crippen molar-refractivity contribution in [3.8, 4) is 10.7 Å². The van der Waals surface area contributed by atoms with E-state index in [9.17, 15) is 26.4 Å². The van der Waals surface area contributed by atoms with Gasteiger partial charge in [0, 0.05) is 18.5 Å². The average Bonchev–Trinajstić information content (AvgIpc) is 3.14. The fourth-order valence-corrected chi connectivity index (χ4v) is 5.66. The molecule has 3 aromatic rings. The van der Waals surface area contributed by atoms with Crippen molar-refractivity contribution in [2.45, 2.75) is 38.4 Å². The summed E-state index contributed by atoms with van der Waals surface area (Å²) in [4.78, 5) is 18.0. The second-order valence-electron chi connectivity index (χ2n) is 6.26. The van der Waals surface area contributed by atoms with Gasteiger partial charge in [-0.15, -0.1) is 11.3 Å². The van der Waals surface area contributed by atoms with Gasteiger partial charge < -0.3 is 9.13 Å². The van der Waals surface area contributed by atoms with Crippen LogP contribution in [0.15, 0.2) is 21.8 Å². The molecule has 0 bridgehead atoms. The second kappa shape index (κ2) is 6.73. The fraction of sp³-hybridized carbons (Fsp3) is 0.412. The van der Waals surface area contributed by atoms with E-state index in [4.69, 9.17) is 0 Å². The number of hydrogen-bond acceptors (Lipinski definition) is 5. The number of hydrogen-bond donors (Lipinski definition) is 0. The molecule has 0 aliphatic carbocycles. The second-order valence-corrected chi connectivity index (χ2v) is 9.76. The first-order chi connectivity index (χ1) is 12.9. The van der Waals surface area contributed by atoms with Crippen molar-refractivity contribution < 1.29 is 21.6 Å². The summed E-state index contributed by atoms with van der Waals surface area (Å²) in [5.74, 6) is 0.0280. The zero-order chi connectivity index (χ0) is 21.0. The lowest BCUT2D eigenvalue weighted by molar-refractivity contribution is -0.144. The molecular formula is C17H18F3N3O3S2. The summed E-state index contributed by atoms with van der Waals surface area (Å²) in [7, 11) is -2.07. The number of halogens is 3. The number of aryl methyl sites for hydroxylation is 2. The number of thiophene rings is 1. The van der Waals surface area contributed by atoms with Gasteiger partial charge in [0.15, 0.2) is 15.7 Å². The van der Waals surface area contributed by atoms with Gasteiger partial charge >= 0.3 is 6.18 Å². The lowest BCUT2D eigenvalue weighted by Gasteiger charge is -2.13. The molecule has 0 aliphatic rings. The number of imidazole rings is 1. The number of fused-ring (bicyclic) bond motifs is 1. The molecule has 0 N–H and O–H groups in total. The molecule has 0 spiro atoms. The predicted molar refractivity (Wildman–Crippen MR) is 101 cm³/mol. The predicted octanol–water partition coefficient (Wildman–Crippen LogP) is 3.60. The molecule has 0 aliphatic heterocycles. The maximum atomic E-state index is 13.4. The quantitative estimate of drug-likeness (QED) is 0.630. The highest BCUT2D eigenvalue weighted by atomic mass is 32.2. The van der Waals surface area contributed by atoms with Crippen molar-refractivity contribution in [1.29, 1.82) is 0 Å². The van der Waals surface area contributed by atoms with E-state index in [-0.39, 0.29) is 34.1 Å². The molecule has 28 heavy (non-hydrogen) atoms.